The van der Waals surface area contributed by atoms with E-state index in [0.717, 1.165) is 42.9 Å². The Bertz CT molecular complexity index is 805. The first-order chi connectivity index (χ1) is 12.0. The summed E-state index contributed by atoms with van der Waals surface area (Å²) in [5.74, 6) is -0.626. The Kier molecular flexibility index (Phi) is 7.28. The van der Waals surface area contributed by atoms with Crippen LogP contribution in [0.5, 0.6) is 0 Å². The average Bonchev–Trinajstić information content (AvgIpc) is 3.17. The van der Waals surface area contributed by atoms with Gasteiger partial charge in [-0.3, -0.25) is 9.69 Å². The highest BCUT2D eigenvalue weighted by atomic mass is 79.9. The third-order valence-corrected chi connectivity index (χ3v) is 5.65. The van der Waals surface area contributed by atoms with Gasteiger partial charge in [0.25, 0.3) is 5.91 Å². The second-order valence-corrected chi connectivity index (χ2v) is 7.67. The number of halogens is 2. The van der Waals surface area contributed by atoms with Crippen LogP contribution in [-0.4, -0.2) is 37.0 Å². The smallest absolute Gasteiger partial charge is 0.341 e. The summed E-state index contributed by atoms with van der Waals surface area (Å²) in [5, 5.41) is 3.33. The van der Waals surface area contributed by atoms with E-state index in [1.54, 1.807) is 12.1 Å². The molecule has 1 N–H and O–H groups in total. The number of esters is 1. The Morgan fingerprint density at radius 1 is 1.42 bits per heavy atom. The largest absolute Gasteiger partial charge is 0.465 e. The summed E-state index contributed by atoms with van der Waals surface area (Å²) in [7, 11) is 1.36. The van der Waals surface area contributed by atoms with Crippen LogP contribution >= 0.6 is 39.7 Å². The normalized spacial score (nSPS) is 13.7. The molecule has 0 atom stereocenters. The fourth-order valence-corrected chi connectivity index (χ4v) is 4.55. The van der Waals surface area contributed by atoms with Gasteiger partial charge in [0.15, 0.2) is 10.4 Å². The van der Waals surface area contributed by atoms with E-state index in [4.69, 9.17) is 9.15 Å². The van der Waals surface area contributed by atoms with Gasteiger partial charge in [0, 0.05) is 18.0 Å². The van der Waals surface area contributed by atoms with Gasteiger partial charge < -0.3 is 14.5 Å². The number of ether oxygens (including phenoxy) is 1. The fraction of sp³-hybridized carbons (Fsp3) is 0.412. The van der Waals surface area contributed by atoms with Crippen LogP contribution in [0.2, 0.25) is 0 Å². The molecular formula is C17H20BrClN2O4S. The molecule has 0 aromatic carbocycles. The van der Waals surface area contributed by atoms with Gasteiger partial charge in [0.05, 0.1) is 12.7 Å². The number of furan rings is 1. The van der Waals surface area contributed by atoms with E-state index in [9.17, 15) is 9.59 Å². The van der Waals surface area contributed by atoms with Crippen LogP contribution in [0.4, 0.5) is 5.00 Å². The zero-order chi connectivity index (χ0) is 18.0. The molecule has 0 aliphatic carbocycles. The predicted molar refractivity (Wildman–Crippen MR) is 107 cm³/mol. The lowest BCUT2D eigenvalue weighted by Crippen LogP contribution is -2.30. The SMILES string of the molecule is CCCN1CCc2c(sc(NC(=O)c3ccc(Br)o3)c2C(=O)OC)C1.Cl. The molecule has 0 fully saturated rings. The number of nitrogens with zero attached hydrogens (tertiary/aromatic N) is 1. The first kappa shape index (κ1) is 21.0. The van der Waals surface area contributed by atoms with Gasteiger partial charge in [-0.25, -0.2) is 4.79 Å². The van der Waals surface area contributed by atoms with E-state index < -0.39 is 5.97 Å². The monoisotopic (exact) mass is 462 g/mol. The third kappa shape index (κ3) is 4.31. The zero-order valence-electron chi connectivity index (χ0n) is 14.5. The standard InChI is InChI=1S/C17H19BrN2O4S.ClH/c1-3-7-20-8-6-10-12(9-20)25-16(14(10)17(22)23-2)19-15(21)11-4-5-13(18)24-11;/h4-5H,3,6-9H2,1-2H3,(H,19,21);1H. The van der Waals surface area contributed by atoms with Crippen LogP contribution < -0.4 is 5.32 Å². The predicted octanol–water partition coefficient (Wildman–Crippen LogP) is 4.33. The lowest BCUT2D eigenvalue weighted by Gasteiger charge is -2.26. The second kappa shape index (κ2) is 9.03. The molecule has 1 aliphatic heterocycles. The van der Waals surface area contributed by atoms with Crippen LogP contribution in [-0.2, 0) is 17.7 Å². The number of rotatable bonds is 5. The molecule has 3 rings (SSSR count). The Morgan fingerprint density at radius 3 is 2.81 bits per heavy atom. The number of carbonyl (C=O) groups is 2. The van der Waals surface area contributed by atoms with Crippen molar-refractivity contribution in [3.63, 3.8) is 0 Å². The van der Waals surface area contributed by atoms with Crippen molar-refractivity contribution in [1.82, 2.24) is 4.90 Å². The van der Waals surface area contributed by atoms with Crippen LogP contribution in [0.15, 0.2) is 21.2 Å². The van der Waals surface area contributed by atoms with Gasteiger partial charge >= 0.3 is 5.97 Å². The average molecular weight is 464 g/mol. The van der Waals surface area contributed by atoms with E-state index in [1.165, 1.54) is 18.4 Å². The molecule has 1 aliphatic rings. The van der Waals surface area contributed by atoms with E-state index in [2.05, 4.69) is 33.1 Å². The van der Waals surface area contributed by atoms with Gasteiger partial charge in [-0.1, -0.05) is 6.92 Å². The van der Waals surface area contributed by atoms with Crippen molar-refractivity contribution >= 4 is 56.6 Å². The van der Waals surface area contributed by atoms with Gasteiger partial charge in [0.1, 0.15) is 5.00 Å². The summed E-state index contributed by atoms with van der Waals surface area (Å²) >= 11 is 4.62. The molecule has 2 aromatic rings. The molecule has 0 saturated heterocycles. The molecule has 3 heterocycles. The summed E-state index contributed by atoms with van der Waals surface area (Å²) in [4.78, 5) is 28.1. The van der Waals surface area contributed by atoms with E-state index >= 15 is 0 Å². The first-order valence-electron chi connectivity index (χ1n) is 8.05. The summed E-state index contributed by atoms with van der Waals surface area (Å²) in [6.45, 7) is 4.87. The Hall–Kier alpha value is -1.35. The second-order valence-electron chi connectivity index (χ2n) is 5.78. The Labute approximate surface area is 170 Å². The number of anilines is 1. The maximum atomic E-state index is 12.4. The quantitative estimate of drug-likeness (QED) is 0.668. The number of hydrogen-bond donors (Lipinski definition) is 1. The molecule has 9 heteroatoms. The van der Waals surface area contributed by atoms with E-state index in [1.807, 2.05) is 0 Å². The zero-order valence-corrected chi connectivity index (χ0v) is 17.7. The number of fused-ring (bicyclic) bond motifs is 1. The molecule has 0 spiro atoms. The number of amides is 1. The Balaban J connectivity index is 0.00000243. The van der Waals surface area contributed by atoms with Crippen LogP contribution in [0.25, 0.3) is 0 Å². The van der Waals surface area contributed by atoms with Crippen molar-refractivity contribution in [2.24, 2.45) is 0 Å². The number of nitrogens with one attached hydrogen (secondary N) is 1. The minimum atomic E-state index is -0.419. The lowest BCUT2D eigenvalue weighted by molar-refractivity contribution is 0.0600. The molecular weight excluding hydrogens is 444 g/mol. The van der Waals surface area contributed by atoms with E-state index in [-0.39, 0.29) is 24.1 Å². The molecule has 0 unspecified atom stereocenters. The topological polar surface area (TPSA) is 71.8 Å². The van der Waals surface area contributed by atoms with Crippen molar-refractivity contribution in [1.29, 1.82) is 0 Å². The molecule has 1 amide bonds. The first-order valence-corrected chi connectivity index (χ1v) is 9.66. The molecule has 2 aromatic heterocycles. The molecule has 6 nitrogen and oxygen atoms in total. The van der Waals surface area contributed by atoms with Crippen molar-refractivity contribution in [3.05, 3.63) is 38.6 Å². The highest BCUT2D eigenvalue weighted by molar-refractivity contribution is 9.10. The summed E-state index contributed by atoms with van der Waals surface area (Å²) in [5.41, 5.74) is 1.46. The summed E-state index contributed by atoms with van der Waals surface area (Å²) in [6, 6.07) is 3.23. The van der Waals surface area contributed by atoms with Gasteiger partial charge in [-0.2, -0.15) is 0 Å². The molecule has 26 heavy (non-hydrogen) atoms. The van der Waals surface area contributed by atoms with Gasteiger partial charge in [-0.15, -0.1) is 23.7 Å². The van der Waals surface area contributed by atoms with Crippen molar-refractivity contribution in [2.45, 2.75) is 26.3 Å². The Morgan fingerprint density at radius 2 is 2.19 bits per heavy atom. The van der Waals surface area contributed by atoms with Crippen LogP contribution in [0.1, 0.15) is 44.7 Å². The maximum Gasteiger partial charge on any atom is 0.341 e. The van der Waals surface area contributed by atoms with E-state index in [0.29, 0.717) is 15.2 Å². The number of methoxy groups -OCH3 is 1. The minimum absolute atomic E-state index is 0. The fourth-order valence-electron chi connectivity index (χ4n) is 2.97. The lowest BCUT2D eigenvalue weighted by atomic mass is 10.0. The molecule has 0 saturated carbocycles. The van der Waals surface area contributed by atoms with Gasteiger partial charge in [0.2, 0.25) is 0 Å². The minimum Gasteiger partial charge on any atom is -0.465 e. The molecule has 142 valence electrons. The van der Waals surface area contributed by atoms with Crippen LogP contribution in [0.3, 0.4) is 0 Å². The number of carbonyl (C=O) groups excluding carboxylic acids is 2. The van der Waals surface area contributed by atoms with Gasteiger partial charge in [-0.05, 0) is 53.0 Å². The highest BCUT2D eigenvalue weighted by Gasteiger charge is 2.29. The molecule has 0 radical (unpaired) electrons. The highest BCUT2D eigenvalue weighted by Crippen LogP contribution is 2.38. The van der Waals surface area contributed by atoms with Crippen molar-refractivity contribution < 1.29 is 18.7 Å². The summed E-state index contributed by atoms with van der Waals surface area (Å²) < 4.78 is 10.7. The van der Waals surface area contributed by atoms with Crippen molar-refractivity contribution in [2.75, 3.05) is 25.5 Å². The van der Waals surface area contributed by atoms with Crippen molar-refractivity contribution in [3.8, 4) is 0 Å². The third-order valence-electron chi connectivity index (χ3n) is 4.09. The number of hydrogen-bond acceptors (Lipinski definition) is 6. The number of thiophene rings is 1. The summed E-state index contributed by atoms with van der Waals surface area (Å²) in [6.07, 6.45) is 1.86. The molecule has 0 bridgehead atoms. The van der Waals surface area contributed by atoms with Crippen LogP contribution in [0, 0.1) is 0 Å². The maximum absolute atomic E-state index is 12.4.